The number of rotatable bonds is 4. The fourth-order valence-electron chi connectivity index (χ4n) is 2.22. The molecule has 1 N–H and O–H groups in total. The summed E-state index contributed by atoms with van der Waals surface area (Å²) in [7, 11) is -1.89. The van der Waals surface area contributed by atoms with Crippen LogP contribution in [0.2, 0.25) is 0 Å². The molecular formula is C17H15F3O3S. The number of aromatic hydroxyl groups is 1. The predicted octanol–water partition coefficient (Wildman–Crippen LogP) is 4.02. The van der Waals surface area contributed by atoms with Crippen LogP contribution in [0.1, 0.15) is 27.0 Å². The molecule has 0 unspecified atom stereocenters. The van der Waals surface area contributed by atoms with Crippen molar-refractivity contribution in [1.29, 1.82) is 0 Å². The van der Waals surface area contributed by atoms with Gasteiger partial charge < -0.3 is 5.11 Å². The van der Waals surface area contributed by atoms with E-state index in [4.69, 9.17) is 0 Å². The number of phenols is 1. The maximum absolute atomic E-state index is 12.7. The molecule has 0 fully saturated rings. The van der Waals surface area contributed by atoms with Crippen molar-refractivity contribution in [2.75, 3.05) is 5.75 Å². The number of alkyl halides is 3. The smallest absolute Gasteiger partial charge is 0.416 e. The second-order valence-corrected chi connectivity index (χ2v) is 6.85. The van der Waals surface area contributed by atoms with E-state index in [-0.39, 0.29) is 16.2 Å². The van der Waals surface area contributed by atoms with Gasteiger partial charge in [-0.2, -0.15) is 13.2 Å². The van der Waals surface area contributed by atoms with E-state index in [1.165, 1.54) is 18.2 Å². The number of ketones is 1. The van der Waals surface area contributed by atoms with Crippen molar-refractivity contribution >= 4 is 16.6 Å². The van der Waals surface area contributed by atoms with Gasteiger partial charge in [0.15, 0.2) is 5.78 Å². The maximum atomic E-state index is 12.7. The molecule has 2 aromatic carbocycles. The summed E-state index contributed by atoms with van der Waals surface area (Å²) >= 11 is 0. The van der Waals surface area contributed by atoms with Crippen molar-refractivity contribution in [3.05, 3.63) is 58.7 Å². The zero-order valence-electron chi connectivity index (χ0n) is 13.0. The highest BCUT2D eigenvalue weighted by atomic mass is 32.2. The van der Waals surface area contributed by atoms with Crippen LogP contribution in [0.25, 0.3) is 0 Å². The molecule has 0 bridgehead atoms. The van der Waals surface area contributed by atoms with Crippen LogP contribution >= 0.6 is 0 Å². The molecule has 0 saturated carbocycles. The summed E-state index contributed by atoms with van der Waals surface area (Å²) in [6.07, 6.45) is -4.53. The molecule has 128 valence electrons. The first-order chi connectivity index (χ1) is 11.1. The number of halogens is 3. The lowest BCUT2D eigenvalue weighted by Gasteiger charge is -2.09. The van der Waals surface area contributed by atoms with Crippen LogP contribution in [-0.4, -0.2) is 20.9 Å². The van der Waals surface area contributed by atoms with Crippen molar-refractivity contribution in [3.8, 4) is 5.75 Å². The second-order valence-electron chi connectivity index (χ2n) is 5.40. The van der Waals surface area contributed by atoms with Gasteiger partial charge in [-0.1, -0.05) is 6.07 Å². The molecule has 0 aromatic heterocycles. The topological polar surface area (TPSA) is 54.4 Å². The van der Waals surface area contributed by atoms with Gasteiger partial charge in [0.05, 0.1) is 22.1 Å². The molecule has 0 aliphatic heterocycles. The lowest BCUT2D eigenvalue weighted by atomic mass is 10.0. The van der Waals surface area contributed by atoms with E-state index in [0.29, 0.717) is 11.1 Å². The maximum Gasteiger partial charge on any atom is 0.416 e. The van der Waals surface area contributed by atoms with Crippen LogP contribution in [0, 0.1) is 13.8 Å². The second kappa shape index (κ2) is 6.76. The van der Waals surface area contributed by atoms with Crippen LogP contribution in [0.5, 0.6) is 5.75 Å². The fraction of sp³-hybridized carbons (Fsp3) is 0.235. The fourth-order valence-corrected chi connectivity index (χ4v) is 3.28. The number of Topliss-reactive ketones (excluding diaryl/α,β-unsaturated/α-hetero) is 1. The van der Waals surface area contributed by atoms with Crippen molar-refractivity contribution < 1.29 is 27.3 Å². The van der Waals surface area contributed by atoms with E-state index >= 15 is 0 Å². The Bertz CT molecular complexity index is 790. The Labute approximate surface area is 139 Å². The molecule has 2 rings (SSSR count). The van der Waals surface area contributed by atoms with Gasteiger partial charge in [0.25, 0.3) is 0 Å². The Hall–Kier alpha value is -2.15. The highest BCUT2D eigenvalue weighted by Gasteiger charge is 2.31. The molecule has 3 nitrogen and oxygen atoms in total. The van der Waals surface area contributed by atoms with Gasteiger partial charge in [0.1, 0.15) is 5.75 Å². The minimum atomic E-state index is -4.53. The van der Waals surface area contributed by atoms with Gasteiger partial charge in [0.2, 0.25) is 0 Å². The summed E-state index contributed by atoms with van der Waals surface area (Å²) in [5.41, 5.74) is 0.367. The molecule has 0 heterocycles. The number of aryl methyl sites for hydroxylation is 2. The van der Waals surface area contributed by atoms with Crippen molar-refractivity contribution in [3.63, 3.8) is 0 Å². The third-order valence-electron chi connectivity index (χ3n) is 3.50. The summed E-state index contributed by atoms with van der Waals surface area (Å²) < 4.78 is 50.3. The van der Waals surface area contributed by atoms with Gasteiger partial charge in [-0.25, -0.2) is 0 Å². The number of hydrogen-bond donors (Lipinski definition) is 1. The Kier molecular flexibility index (Phi) is 5.13. The standard InChI is InChI=1S/C17H15F3O3S/c1-10-6-12(7-11(2)16(10)22)15(21)9-24(23)14-5-3-4-13(8-14)17(18,19)20/h3-8,22H,9H2,1-2H3/t24-/m0/s1. The van der Waals surface area contributed by atoms with Crippen LogP contribution < -0.4 is 0 Å². The Morgan fingerprint density at radius 1 is 1.12 bits per heavy atom. The average Bonchev–Trinajstić information content (AvgIpc) is 2.51. The zero-order chi connectivity index (χ0) is 18.1. The summed E-state index contributed by atoms with van der Waals surface area (Å²) in [5.74, 6) is -0.812. The highest BCUT2D eigenvalue weighted by molar-refractivity contribution is 7.85. The van der Waals surface area contributed by atoms with E-state index in [1.807, 2.05) is 0 Å². The molecular weight excluding hydrogens is 341 g/mol. The number of hydrogen-bond acceptors (Lipinski definition) is 3. The molecule has 0 spiro atoms. The average molecular weight is 356 g/mol. The van der Waals surface area contributed by atoms with Gasteiger partial charge in [0, 0.05) is 10.5 Å². The summed E-state index contributed by atoms with van der Waals surface area (Å²) in [4.78, 5) is 12.2. The molecule has 0 amide bonds. The zero-order valence-corrected chi connectivity index (χ0v) is 13.8. The molecule has 0 saturated heterocycles. The molecule has 24 heavy (non-hydrogen) atoms. The molecule has 2 aromatic rings. The van der Waals surface area contributed by atoms with Crippen molar-refractivity contribution in [2.24, 2.45) is 0 Å². The number of benzene rings is 2. The lowest BCUT2D eigenvalue weighted by molar-refractivity contribution is -0.137. The van der Waals surface area contributed by atoms with Crippen LogP contribution in [-0.2, 0) is 17.0 Å². The molecule has 0 aliphatic rings. The van der Waals surface area contributed by atoms with Crippen LogP contribution in [0.4, 0.5) is 13.2 Å². The molecule has 7 heteroatoms. The highest BCUT2D eigenvalue weighted by Crippen LogP contribution is 2.30. The summed E-state index contributed by atoms with van der Waals surface area (Å²) in [6.45, 7) is 3.26. The van der Waals surface area contributed by atoms with Crippen LogP contribution in [0.15, 0.2) is 41.3 Å². The predicted molar refractivity (Wildman–Crippen MR) is 84.6 cm³/mol. The summed E-state index contributed by atoms with van der Waals surface area (Å²) in [6, 6.07) is 7.06. The first-order valence-corrected chi connectivity index (χ1v) is 8.30. The van der Waals surface area contributed by atoms with E-state index in [1.54, 1.807) is 13.8 Å². The Morgan fingerprint density at radius 2 is 1.71 bits per heavy atom. The monoisotopic (exact) mass is 356 g/mol. The number of carbonyl (C=O) groups is 1. The van der Waals surface area contributed by atoms with Crippen LogP contribution in [0.3, 0.4) is 0 Å². The molecule has 0 aliphatic carbocycles. The SMILES string of the molecule is Cc1cc(C(=O)C[S@](=O)c2cccc(C(F)(F)F)c2)cc(C)c1O. The number of phenolic OH excluding ortho intramolecular Hbond substituents is 1. The quantitative estimate of drug-likeness (QED) is 0.842. The third-order valence-corrected chi connectivity index (χ3v) is 4.80. The minimum Gasteiger partial charge on any atom is -0.507 e. The van der Waals surface area contributed by atoms with Crippen molar-refractivity contribution in [2.45, 2.75) is 24.9 Å². The Morgan fingerprint density at radius 3 is 2.25 bits per heavy atom. The van der Waals surface area contributed by atoms with Crippen molar-refractivity contribution in [1.82, 2.24) is 0 Å². The molecule has 1 atom stereocenters. The largest absolute Gasteiger partial charge is 0.507 e. The minimum absolute atomic E-state index is 0.0506. The van der Waals surface area contributed by atoms with E-state index in [0.717, 1.165) is 18.2 Å². The molecule has 0 radical (unpaired) electrons. The van der Waals surface area contributed by atoms with Gasteiger partial charge in [-0.15, -0.1) is 0 Å². The number of carbonyl (C=O) groups excluding carboxylic acids is 1. The van der Waals surface area contributed by atoms with E-state index < -0.39 is 34.1 Å². The first kappa shape index (κ1) is 18.2. The summed E-state index contributed by atoms with van der Waals surface area (Å²) in [5, 5.41) is 9.70. The van der Waals surface area contributed by atoms with E-state index in [9.17, 15) is 27.3 Å². The normalized spacial score (nSPS) is 12.9. The van der Waals surface area contributed by atoms with Gasteiger partial charge in [-0.05, 0) is 55.3 Å². The lowest BCUT2D eigenvalue weighted by Crippen LogP contribution is -2.13. The Balaban J connectivity index is 2.22. The van der Waals surface area contributed by atoms with Gasteiger partial charge in [-0.3, -0.25) is 9.00 Å². The third kappa shape index (κ3) is 4.03. The first-order valence-electron chi connectivity index (χ1n) is 6.98. The van der Waals surface area contributed by atoms with Gasteiger partial charge >= 0.3 is 6.18 Å². The van der Waals surface area contributed by atoms with E-state index in [2.05, 4.69) is 0 Å².